The number of guanidine groups is 1. The lowest BCUT2D eigenvalue weighted by Gasteiger charge is -2.22. The number of nitrogens with one attached hydrogen (secondary N) is 1. The van der Waals surface area contributed by atoms with Crippen molar-refractivity contribution in [3.05, 3.63) is 48.0 Å². The fourth-order valence-electron chi connectivity index (χ4n) is 3.53. The summed E-state index contributed by atoms with van der Waals surface area (Å²) in [5.41, 5.74) is 1.29. The van der Waals surface area contributed by atoms with Gasteiger partial charge in [0.25, 0.3) is 0 Å². The van der Waals surface area contributed by atoms with Gasteiger partial charge in [0.05, 0.1) is 12.7 Å². The maximum atomic E-state index is 13.0. The normalized spacial score (nSPS) is 18.4. The van der Waals surface area contributed by atoms with E-state index in [-0.39, 0.29) is 11.9 Å². The number of aliphatic imine (C=N–C) groups is 1. The molecule has 1 aromatic carbocycles. The summed E-state index contributed by atoms with van der Waals surface area (Å²) in [4.78, 5) is 7.10. The highest BCUT2D eigenvalue weighted by molar-refractivity contribution is 5.80. The molecule has 2 atom stereocenters. The van der Waals surface area contributed by atoms with Gasteiger partial charge in [-0.25, -0.2) is 9.38 Å². The van der Waals surface area contributed by atoms with Crippen LogP contribution in [0.15, 0.2) is 41.7 Å². The standard InChI is InChI=1S/C21H30FN5O/c1-4-23-21(24-12-16(2)28-20-7-5-19(22)6-8-20)27-10-9-17(15-27)11-18-13-25-26(3)14-18/h5-8,13-14,16-17H,4,9-12,15H2,1-3H3,(H,23,24). The van der Waals surface area contributed by atoms with Crippen molar-refractivity contribution < 1.29 is 9.13 Å². The zero-order valence-corrected chi connectivity index (χ0v) is 16.9. The van der Waals surface area contributed by atoms with E-state index in [1.807, 2.05) is 24.9 Å². The summed E-state index contributed by atoms with van der Waals surface area (Å²) in [6, 6.07) is 6.10. The quantitative estimate of drug-likeness (QED) is 0.586. The molecule has 3 rings (SSSR count). The number of hydrogen-bond donors (Lipinski definition) is 1. The summed E-state index contributed by atoms with van der Waals surface area (Å²) in [5.74, 6) is 1.95. The zero-order valence-electron chi connectivity index (χ0n) is 16.9. The Bertz CT molecular complexity index is 773. The summed E-state index contributed by atoms with van der Waals surface area (Å²) in [6.07, 6.45) is 6.16. The fourth-order valence-corrected chi connectivity index (χ4v) is 3.53. The van der Waals surface area contributed by atoms with E-state index in [2.05, 4.69) is 28.4 Å². The van der Waals surface area contributed by atoms with Gasteiger partial charge in [0.15, 0.2) is 5.96 Å². The number of nitrogens with zero attached hydrogens (tertiary/aromatic N) is 4. The van der Waals surface area contributed by atoms with Crippen molar-refractivity contribution in [2.75, 3.05) is 26.2 Å². The Morgan fingerprint density at radius 1 is 1.39 bits per heavy atom. The number of aryl methyl sites for hydroxylation is 1. The van der Waals surface area contributed by atoms with Gasteiger partial charge >= 0.3 is 0 Å². The first-order chi connectivity index (χ1) is 13.5. The molecular formula is C21H30FN5O. The van der Waals surface area contributed by atoms with Crippen LogP contribution in [0.25, 0.3) is 0 Å². The van der Waals surface area contributed by atoms with Crippen LogP contribution in [-0.2, 0) is 13.5 Å². The summed E-state index contributed by atoms with van der Waals surface area (Å²) in [5, 5.41) is 7.66. The molecule has 0 amide bonds. The molecule has 152 valence electrons. The molecule has 2 aromatic rings. The molecule has 0 spiro atoms. The number of halogens is 1. The Morgan fingerprint density at radius 2 is 2.18 bits per heavy atom. The summed E-state index contributed by atoms with van der Waals surface area (Å²) in [7, 11) is 1.95. The van der Waals surface area contributed by atoms with E-state index in [4.69, 9.17) is 9.73 Å². The van der Waals surface area contributed by atoms with Gasteiger partial charge in [-0.15, -0.1) is 0 Å². The smallest absolute Gasteiger partial charge is 0.194 e. The molecule has 7 heteroatoms. The molecule has 2 unspecified atom stereocenters. The number of ether oxygens (including phenoxy) is 1. The van der Waals surface area contributed by atoms with Crippen LogP contribution in [0.5, 0.6) is 5.75 Å². The molecule has 6 nitrogen and oxygen atoms in total. The second kappa shape index (κ2) is 9.57. The number of hydrogen-bond acceptors (Lipinski definition) is 3. The van der Waals surface area contributed by atoms with E-state index in [9.17, 15) is 4.39 Å². The molecule has 1 aromatic heterocycles. The van der Waals surface area contributed by atoms with Crippen LogP contribution in [0.4, 0.5) is 4.39 Å². The van der Waals surface area contributed by atoms with Gasteiger partial charge in [-0.1, -0.05) is 0 Å². The van der Waals surface area contributed by atoms with Crippen LogP contribution in [0.1, 0.15) is 25.8 Å². The van der Waals surface area contributed by atoms with E-state index in [0.29, 0.717) is 18.2 Å². The Kier molecular flexibility index (Phi) is 6.90. The van der Waals surface area contributed by atoms with Crippen molar-refractivity contribution in [2.45, 2.75) is 32.8 Å². The monoisotopic (exact) mass is 387 g/mol. The summed E-state index contributed by atoms with van der Waals surface area (Å²) >= 11 is 0. The van der Waals surface area contributed by atoms with Crippen LogP contribution in [0.3, 0.4) is 0 Å². The fraction of sp³-hybridized carbons (Fsp3) is 0.524. The molecule has 0 bridgehead atoms. The van der Waals surface area contributed by atoms with E-state index in [0.717, 1.165) is 38.4 Å². The van der Waals surface area contributed by atoms with E-state index >= 15 is 0 Å². The number of rotatable bonds is 7. The van der Waals surface area contributed by atoms with Crippen molar-refractivity contribution in [1.29, 1.82) is 0 Å². The zero-order chi connectivity index (χ0) is 19.9. The predicted molar refractivity (Wildman–Crippen MR) is 109 cm³/mol. The molecule has 1 N–H and O–H groups in total. The molecule has 0 saturated carbocycles. The minimum absolute atomic E-state index is 0.0899. The Balaban J connectivity index is 1.53. The van der Waals surface area contributed by atoms with E-state index in [1.54, 1.807) is 12.1 Å². The third-order valence-electron chi connectivity index (χ3n) is 4.85. The van der Waals surface area contributed by atoms with Gasteiger partial charge in [-0.2, -0.15) is 5.10 Å². The van der Waals surface area contributed by atoms with Gasteiger partial charge in [0, 0.05) is 32.9 Å². The third kappa shape index (κ3) is 5.71. The number of likely N-dealkylation sites (tertiary alicyclic amines) is 1. The predicted octanol–water partition coefficient (Wildman–Crippen LogP) is 2.86. The van der Waals surface area contributed by atoms with Crippen molar-refractivity contribution in [3.63, 3.8) is 0 Å². The Morgan fingerprint density at radius 3 is 2.86 bits per heavy atom. The lowest BCUT2D eigenvalue weighted by Crippen LogP contribution is -2.40. The molecular weight excluding hydrogens is 357 g/mol. The molecule has 0 radical (unpaired) electrons. The molecule has 1 aliphatic heterocycles. The molecule has 0 aliphatic carbocycles. The largest absolute Gasteiger partial charge is 0.489 e. The maximum absolute atomic E-state index is 13.0. The second-order valence-electron chi connectivity index (χ2n) is 7.40. The lowest BCUT2D eigenvalue weighted by atomic mass is 10.0. The average Bonchev–Trinajstić information content (AvgIpc) is 3.30. The minimum Gasteiger partial charge on any atom is -0.489 e. The SMILES string of the molecule is CCNC(=NCC(C)Oc1ccc(F)cc1)N1CCC(Cc2cnn(C)c2)C1. The molecule has 1 fully saturated rings. The third-order valence-corrected chi connectivity index (χ3v) is 4.85. The van der Waals surface area contributed by atoms with Crippen molar-refractivity contribution in [3.8, 4) is 5.75 Å². The van der Waals surface area contributed by atoms with Crippen LogP contribution < -0.4 is 10.1 Å². The first-order valence-electron chi connectivity index (χ1n) is 9.96. The van der Waals surface area contributed by atoms with E-state index < -0.39 is 0 Å². The molecule has 1 aliphatic rings. The topological polar surface area (TPSA) is 54.7 Å². The first kappa shape index (κ1) is 20.2. The van der Waals surface area contributed by atoms with E-state index in [1.165, 1.54) is 17.7 Å². The molecule has 2 heterocycles. The Labute approximate surface area is 166 Å². The van der Waals surface area contributed by atoms with Gasteiger partial charge in [0.2, 0.25) is 0 Å². The number of benzene rings is 1. The molecule has 28 heavy (non-hydrogen) atoms. The maximum Gasteiger partial charge on any atom is 0.194 e. The van der Waals surface area contributed by atoms with Gasteiger partial charge in [0.1, 0.15) is 17.7 Å². The molecule has 1 saturated heterocycles. The summed E-state index contributed by atoms with van der Waals surface area (Å²) in [6.45, 7) is 7.43. The van der Waals surface area contributed by atoms with Gasteiger partial charge < -0.3 is 15.0 Å². The van der Waals surface area contributed by atoms with Crippen molar-refractivity contribution in [1.82, 2.24) is 20.0 Å². The number of aromatic nitrogens is 2. The first-order valence-corrected chi connectivity index (χ1v) is 9.96. The van der Waals surface area contributed by atoms with Crippen molar-refractivity contribution >= 4 is 5.96 Å². The van der Waals surface area contributed by atoms with Gasteiger partial charge in [-0.3, -0.25) is 4.68 Å². The van der Waals surface area contributed by atoms with Crippen LogP contribution in [-0.4, -0.2) is 52.9 Å². The summed E-state index contributed by atoms with van der Waals surface area (Å²) < 4.78 is 20.7. The van der Waals surface area contributed by atoms with Crippen LogP contribution in [0, 0.1) is 11.7 Å². The lowest BCUT2D eigenvalue weighted by molar-refractivity contribution is 0.229. The highest BCUT2D eigenvalue weighted by Crippen LogP contribution is 2.21. The average molecular weight is 388 g/mol. The highest BCUT2D eigenvalue weighted by atomic mass is 19.1. The van der Waals surface area contributed by atoms with Crippen LogP contribution >= 0.6 is 0 Å². The van der Waals surface area contributed by atoms with Gasteiger partial charge in [-0.05, 0) is 62.4 Å². The second-order valence-corrected chi connectivity index (χ2v) is 7.40. The van der Waals surface area contributed by atoms with Crippen molar-refractivity contribution in [2.24, 2.45) is 18.0 Å². The van der Waals surface area contributed by atoms with Crippen LogP contribution in [0.2, 0.25) is 0 Å². The Hall–Kier alpha value is -2.57. The highest BCUT2D eigenvalue weighted by Gasteiger charge is 2.25. The minimum atomic E-state index is -0.262.